The molecule has 0 spiro atoms. The number of halogens is 2. The molecule has 0 amide bonds. The van der Waals surface area contributed by atoms with E-state index in [-0.39, 0.29) is 0 Å². The Morgan fingerprint density at radius 3 is 2.55 bits per heavy atom. The topological polar surface area (TPSA) is 64.3 Å². The molecule has 0 saturated heterocycles. The maximum atomic E-state index is 11.4. The third-order valence-electron chi connectivity index (χ3n) is 2.67. The Balaban J connectivity index is 2.28. The van der Waals surface area contributed by atoms with Gasteiger partial charge in [-0.3, -0.25) is 0 Å². The molecule has 0 unspecified atom stereocenters. The number of benzene rings is 2. The molecule has 6 heteroatoms. The fraction of sp³-hybridized carbons (Fsp3) is 0.0714. The second kappa shape index (κ2) is 6.15. The molecule has 0 saturated carbocycles. The van der Waals surface area contributed by atoms with Crippen LogP contribution >= 0.6 is 27.5 Å². The van der Waals surface area contributed by atoms with Gasteiger partial charge in [-0.05, 0) is 52.3 Å². The summed E-state index contributed by atoms with van der Waals surface area (Å²) in [5.74, 6) is -0.420. The molecule has 0 bridgehead atoms. The molecule has 0 aliphatic rings. The Bertz CT molecular complexity index is 662. The first-order valence-corrected chi connectivity index (χ1v) is 6.88. The Kier molecular flexibility index (Phi) is 4.52. The largest absolute Gasteiger partial charge is 0.465 e. The summed E-state index contributed by atoms with van der Waals surface area (Å²) in [6.07, 6.45) is 0. The van der Waals surface area contributed by atoms with Gasteiger partial charge in [0.15, 0.2) is 0 Å². The molecule has 4 nitrogen and oxygen atoms in total. The van der Waals surface area contributed by atoms with Crippen molar-refractivity contribution in [2.75, 3.05) is 18.2 Å². The van der Waals surface area contributed by atoms with Gasteiger partial charge in [-0.25, -0.2) is 4.79 Å². The Morgan fingerprint density at radius 1 is 1.25 bits per heavy atom. The molecule has 104 valence electrons. The van der Waals surface area contributed by atoms with E-state index < -0.39 is 5.97 Å². The summed E-state index contributed by atoms with van der Waals surface area (Å²) >= 11 is 9.31. The predicted octanol–water partition coefficient (Wildman–Crippen LogP) is 4.21. The lowest BCUT2D eigenvalue weighted by Crippen LogP contribution is -2.04. The number of nitrogens with one attached hydrogen (secondary N) is 1. The smallest absolute Gasteiger partial charge is 0.337 e. The standard InChI is InChI=1S/C14H12BrClN2O2/c1-20-14(19)8-2-4-13(11(17)6-8)18-12-5-3-9(16)7-10(12)15/h2-7,18H,17H2,1H3. The van der Waals surface area contributed by atoms with Gasteiger partial charge in [0.1, 0.15) is 0 Å². The minimum absolute atomic E-state index is 0.408. The van der Waals surface area contributed by atoms with Crippen molar-refractivity contribution in [2.45, 2.75) is 0 Å². The van der Waals surface area contributed by atoms with Crippen LogP contribution in [0.25, 0.3) is 0 Å². The van der Waals surface area contributed by atoms with Gasteiger partial charge < -0.3 is 15.8 Å². The van der Waals surface area contributed by atoms with Crippen molar-refractivity contribution in [3.8, 4) is 0 Å². The van der Waals surface area contributed by atoms with E-state index in [1.165, 1.54) is 7.11 Å². The van der Waals surface area contributed by atoms with Crippen molar-refractivity contribution in [3.63, 3.8) is 0 Å². The van der Waals surface area contributed by atoms with E-state index in [4.69, 9.17) is 17.3 Å². The second-order valence-electron chi connectivity index (χ2n) is 4.04. The minimum Gasteiger partial charge on any atom is -0.465 e. The van der Waals surface area contributed by atoms with Gasteiger partial charge in [-0.15, -0.1) is 0 Å². The van der Waals surface area contributed by atoms with Gasteiger partial charge in [0.05, 0.1) is 29.7 Å². The van der Waals surface area contributed by atoms with Crippen LogP contribution in [0.2, 0.25) is 5.02 Å². The Labute approximate surface area is 130 Å². The van der Waals surface area contributed by atoms with Crippen LogP contribution in [0.15, 0.2) is 40.9 Å². The number of anilines is 3. The monoisotopic (exact) mass is 354 g/mol. The zero-order valence-electron chi connectivity index (χ0n) is 10.6. The summed E-state index contributed by atoms with van der Waals surface area (Å²) in [5, 5.41) is 3.80. The second-order valence-corrected chi connectivity index (χ2v) is 5.33. The van der Waals surface area contributed by atoms with Gasteiger partial charge in [0.2, 0.25) is 0 Å². The van der Waals surface area contributed by atoms with Crippen LogP contribution in [0, 0.1) is 0 Å². The molecule has 2 aromatic carbocycles. The average molecular weight is 356 g/mol. The van der Waals surface area contributed by atoms with Crippen molar-refractivity contribution in [3.05, 3.63) is 51.5 Å². The molecular formula is C14H12BrClN2O2. The predicted molar refractivity (Wildman–Crippen MR) is 84.6 cm³/mol. The number of esters is 1. The zero-order valence-corrected chi connectivity index (χ0v) is 13.0. The molecule has 0 atom stereocenters. The number of carbonyl (C=O) groups excluding carboxylic acids is 1. The van der Waals surface area contributed by atoms with Gasteiger partial charge in [0.25, 0.3) is 0 Å². The summed E-state index contributed by atoms with van der Waals surface area (Å²) in [6, 6.07) is 10.3. The molecule has 3 N–H and O–H groups in total. The first-order valence-electron chi connectivity index (χ1n) is 5.71. The van der Waals surface area contributed by atoms with Crippen molar-refractivity contribution < 1.29 is 9.53 Å². The number of hydrogen-bond donors (Lipinski definition) is 2. The third-order valence-corrected chi connectivity index (χ3v) is 3.56. The molecular weight excluding hydrogens is 344 g/mol. The van der Waals surface area contributed by atoms with Gasteiger partial charge in [-0.1, -0.05) is 11.6 Å². The molecule has 0 heterocycles. The summed E-state index contributed by atoms with van der Waals surface area (Å²) in [6.45, 7) is 0. The van der Waals surface area contributed by atoms with Crippen molar-refractivity contribution in [1.29, 1.82) is 0 Å². The minimum atomic E-state index is -0.420. The van der Waals surface area contributed by atoms with E-state index in [9.17, 15) is 4.79 Å². The lowest BCUT2D eigenvalue weighted by atomic mass is 10.1. The highest BCUT2D eigenvalue weighted by atomic mass is 79.9. The summed E-state index contributed by atoms with van der Waals surface area (Å²) in [7, 11) is 1.33. The number of nitrogen functional groups attached to an aromatic ring is 1. The first kappa shape index (κ1) is 14.7. The number of ether oxygens (including phenoxy) is 1. The lowest BCUT2D eigenvalue weighted by molar-refractivity contribution is 0.0601. The normalized spacial score (nSPS) is 10.2. The highest BCUT2D eigenvalue weighted by Gasteiger charge is 2.09. The number of methoxy groups -OCH3 is 1. The molecule has 0 radical (unpaired) electrons. The molecule has 2 rings (SSSR count). The quantitative estimate of drug-likeness (QED) is 0.639. The van der Waals surface area contributed by atoms with Crippen LogP contribution in [-0.4, -0.2) is 13.1 Å². The van der Waals surface area contributed by atoms with Crippen LogP contribution in [0.1, 0.15) is 10.4 Å². The lowest BCUT2D eigenvalue weighted by Gasteiger charge is -2.12. The SMILES string of the molecule is COC(=O)c1ccc(Nc2ccc(Cl)cc2Br)c(N)c1. The van der Waals surface area contributed by atoms with E-state index in [1.807, 2.05) is 6.07 Å². The van der Waals surface area contributed by atoms with E-state index >= 15 is 0 Å². The molecule has 0 aliphatic heterocycles. The molecule has 20 heavy (non-hydrogen) atoms. The van der Waals surface area contributed by atoms with E-state index in [0.717, 1.165) is 10.2 Å². The van der Waals surface area contributed by atoms with Gasteiger partial charge >= 0.3 is 5.97 Å². The van der Waals surface area contributed by atoms with E-state index in [2.05, 4.69) is 26.0 Å². The maximum Gasteiger partial charge on any atom is 0.337 e. The van der Waals surface area contributed by atoms with Gasteiger partial charge in [-0.2, -0.15) is 0 Å². The van der Waals surface area contributed by atoms with Crippen molar-refractivity contribution in [1.82, 2.24) is 0 Å². The number of rotatable bonds is 3. The molecule has 0 fully saturated rings. The number of hydrogen-bond acceptors (Lipinski definition) is 4. The van der Waals surface area contributed by atoms with E-state index in [0.29, 0.717) is 22.0 Å². The zero-order chi connectivity index (χ0) is 14.7. The highest BCUT2D eigenvalue weighted by molar-refractivity contribution is 9.10. The first-order chi connectivity index (χ1) is 9.51. The average Bonchev–Trinajstić information content (AvgIpc) is 2.42. The molecule has 0 aromatic heterocycles. The summed E-state index contributed by atoms with van der Waals surface area (Å²) < 4.78 is 5.47. The Hall–Kier alpha value is -1.72. The maximum absolute atomic E-state index is 11.4. The van der Waals surface area contributed by atoms with E-state index in [1.54, 1.807) is 30.3 Å². The van der Waals surface area contributed by atoms with Crippen molar-refractivity contribution in [2.24, 2.45) is 0 Å². The van der Waals surface area contributed by atoms with Crippen LogP contribution in [0.4, 0.5) is 17.1 Å². The highest BCUT2D eigenvalue weighted by Crippen LogP contribution is 2.31. The van der Waals surface area contributed by atoms with Crippen LogP contribution < -0.4 is 11.1 Å². The fourth-order valence-corrected chi connectivity index (χ4v) is 2.44. The fourth-order valence-electron chi connectivity index (χ4n) is 1.66. The van der Waals surface area contributed by atoms with Crippen LogP contribution in [-0.2, 0) is 4.74 Å². The molecule has 2 aromatic rings. The number of carbonyl (C=O) groups is 1. The summed E-state index contributed by atoms with van der Waals surface area (Å²) in [5.41, 5.74) is 8.31. The summed E-state index contributed by atoms with van der Waals surface area (Å²) in [4.78, 5) is 11.4. The molecule has 0 aliphatic carbocycles. The number of nitrogens with two attached hydrogens (primary N) is 1. The van der Waals surface area contributed by atoms with Crippen molar-refractivity contribution >= 4 is 50.6 Å². The third kappa shape index (κ3) is 3.23. The Morgan fingerprint density at radius 2 is 1.95 bits per heavy atom. The van der Waals surface area contributed by atoms with Crippen LogP contribution in [0.5, 0.6) is 0 Å². The van der Waals surface area contributed by atoms with Gasteiger partial charge in [0, 0.05) is 9.50 Å². The van der Waals surface area contributed by atoms with Crippen LogP contribution in [0.3, 0.4) is 0 Å².